The Labute approximate surface area is 192 Å². The van der Waals surface area contributed by atoms with Crippen molar-refractivity contribution in [3.8, 4) is 17.2 Å². The van der Waals surface area contributed by atoms with Gasteiger partial charge in [-0.15, -0.1) is 0 Å². The van der Waals surface area contributed by atoms with Crippen LogP contribution in [0.15, 0.2) is 72.8 Å². The fourth-order valence-corrected chi connectivity index (χ4v) is 3.13. The van der Waals surface area contributed by atoms with Gasteiger partial charge in [0.1, 0.15) is 36.3 Å². The van der Waals surface area contributed by atoms with Crippen LogP contribution in [0.1, 0.15) is 24.1 Å². The van der Waals surface area contributed by atoms with Gasteiger partial charge in [0.05, 0.1) is 6.61 Å². The van der Waals surface area contributed by atoms with E-state index in [9.17, 15) is 9.90 Å². The molecule has 0 unspecified atom stereocenters. The number of anilines is 1. The largest absolute Gasteiger partial charge is 0.494 e. The summed E-state index contributed by atoms with van der Waals surface area (Å²) in [6.07, 6.45) is 0. The molecule has 0 aliphatic carbocycles. The Morgan fingerprint density at radius 3 is 2.12 bits per heavy atom. The predicted octanol–water partition coefficient (Wildman–Crippen LogP) is 4.06. The van der Waals surface area contributed by atoms with Crippen LogP contribution in [0.5, 0.6) is 17.2 Å². The molecule has 5 N–H and O–H groups in total. The van der Waals surface area contributed by atoms with E-state index in [0.29, 0.717) is 41.5 Å². The number of carboxylic acid groups (broad SMARTS) is 1. The van der Waals surface area contributed by atoms with Crippen LogP contribution in [0.3, 0.4) is 0 Å². The predicted molar refractivity (Wildman–Crippen MR) is 127 cm³/mol. The highest BCUT2D eigenvalue weighted by Crippen LogP contribution is 2.29. The monoisotopic (exact) mass is 449 g/mol. The number of rotatable bonds is 12. The van der Waals surface area contributed by atoms with E-state index in [1.165, 1.54) is 0 Å². The minimum Gasteiger partial charge on any atom is -0.494 e. The molecule has 3 aromatic carbocycles. The van der Waals surface area contributed by atoms with Gasteiger partial charge in [0, 0.05) is 17.3 Å². The number of ether oxygens (including phenoxy) is 3. The van der Waals surface area contributed by atoms with Gasteiger partial charge in [-0.1, -0.05) is 18.2 Å². The molecule has 0 bridgehead atoms. The second kappa shape index (κ2) is 11.4. The zero-order valence-electron chi connectivity index (χ0n) is 18.3. The van der Waals surface area contributed by atoms with Gasteiger partial charge in [-0.3, -0.25) is 5.41 Å². The SMILES string of the molecule is CCOc1cc(OCCOc2ccccc2)cc([C@@H](Nc2ccc(C(=N)N)cc2)C(=O)O)c1. The van der Waals surface area contributed by atoms with Crippen molar-refractivity contribution < 1.29 is 24.1 Å². The Balaban J connectivity index is 1.74. The summed E-state index contributed by atoms with van der Waals surface area (Å²) < 4.78 is 17.1. The Hall–Kier alpha value is -4.20. The molecule has 3 aromatic rings. The normalized spacial score (nSPS) is 11.3. The summed E-state index contributed by atoms with van der Waals surface area (Å²) in [5.74, 6) is 0.619. The van der Waals surface area contributed by atoms with Crippen molar-refractivity contribution in [3.63, 3.8) is 0 Å². The number of nitrogen functional groups attached to an aromatic ring is 1. The van der Waals surface area contributed by atoms with E-state index in [2.05, 4.69) is 5.32 Å². The lowest BCUT2D eigenvalue weighted by Crippen LogP contribution is -2.21. The van der Waals surface area contributed by atoms with Crippen molar-refractivity contribution in [3.05, 3.63) is 83.9 Å². The van der Waals surface area contributed by atoms with E-state index in [1.54, 1.807) is 42.5 Å². The summed E-state index contributed by atoms with van der Waals surface area (Å²) in [6, 6.07) is 20.1. The fourth-order valence-electron chi connectivity index (χ4n) is 3.13. The Morgan fingerprint density at radius 2 is 1.55 bits per heavy atom. The molecule has 0 saturated heterocycles. The summed E-state index contributed by atoms with van der Waals surface area (Å²) in [4.78, 5) is 12.1. The van der Waals surface area contributed by atoms with Crippen LogP contribution in [0, 0.1) is 5.41 Å². The van der Waals surface area contributed by atoms with Crippen LogP contribution in [-0.4, -0.2) is 36.7 Å². The first kappa shape index (κ1) is 23.5. The van der Waals surface area contributed by atoms with Gasteiger partial charge in [-0.2, -0.15) is 0 Å². The quantitative estimate of drug-likeness (QED) is 0.186. The van der Waals surface area contributed by atoms with Crippen molar-refractivity contribution in [1.29, 1.82) is 5.41 Å². The van der Waals surface area contributed by atoms with Crippen molar-refractivity contribution in [2.24, 2.45) is 5.73 Å². The molecule has 0 heterocycles. The van der Waals surface area contributed by atoms with E-state index >= 15 is 0 Å². The summed E-state index contributed by atoms with van der Waals surface area (Å²) in [7, 11) is 0. The molecule has 33 heavy (non-hydrogen) atoms. The maximum absolute atomic E-state index is 12.1. The topological polar surface area (TPSA) is 127 Å². The Bertz CT molecular complexity index is 1070. The molecule has 0 fully saturated rings. The van der Waals surface area contributed by atoms with Gasteiger partial charge in [-0.25, -0.2) is 4.79 Å². The molecule has 0 aliphatic rings. The van der Waals surface area contributed by atoms with Gasteiger partial charge in [0.2, 0.25) is 0 Å². The maximum atomic E-state index is 12.1. The number of hydrogen-bond acceptors (Lipinski definition) is 6. The zero-order valence-corrected chi connectivity index (χ0v) is 18.3. The van der Waals surface area contributed by atoms with E-state index in [-0.39, 0.29) is 12.4 Å². The number of nitrogens with one attached hydrogen (secondary N) is 2. The third-order valence-electron chi connectivity index (χ3n) is 4.66. The van der Waals surface area contributed by atoms with Gasteiger partial charge in [0.15, 0.2) is 6.04 Å². The van der Waals surface area contributed by atoms with Crippen molar-refractivity contribution >= 4 is 17.5 Å². The molecule has 1 atom stereocenters. The third-order valence-corrected chi connectivity index (χ3v) is 4.66. The molecule has 0 aromatic heterocycles. The first-order chi connectivity index (χ1) is 16.0. The minimum absolute atomic E-state index is 0.0567. The lowest BCUT2D eigenvalue weighted by atomic mass is 10.1. The summed E-state index contributed by atoms with van der Waals surface area (Å²) >= 11 is 0. The molecule has 0 radical (unpaired) electrons. The van der Waals surface area contributed by atoms with Crippen molar-refractivity contribution in [2.75, 3.05) is 25.1 Å². The number of carbonyl (C=O) groups is 1. The van der Waals surface area contributed by atoms with Gasteiger partial charge >= 0.3 is 5.97 Å². The number of carboxylic acids is 1. The van der Waals surface area contributed by atoms with E-state index in [1.807, 2.05) is 37.3 Å². The molecular formula is C25H27N3O5. The maximum Gasteiger partial charge on any atom is 0.330 e. The Morgan fingerprint density at radius 1 is 0.939 bits per heavy atom. The summed E-state index contributed by atoms with van der Waals surface area (Å²) in [5.41, 5.74) is 7.09. The standard InChI is InChI=1S/C25H27N3O5/c1-2-31-21-14-18(15-22(16-21)33-13-12-32-20-6-4-3-5-7-20)23(25(29)30)28-19-10-8-17(9-11-19)24(26)27/h3-11,14-16,23,28H,2,12-13H2,1H3,(H3,26,27)(H,29,30)/t23-/m1/s1. The van der Waals surface area contributed by atoms with Gasteiger partial charge in [0.25, 0.3) is 0 Å². The fraction of sp³-hybridized carbons (Fsp3) is 0.200. The zero-order chi connectivity index (χ0) is 23.6. The lowest BCUT2D eigenvalue weighted by molar-refractivity contribution is -0.138. The highest BCUT2D eigenvalue weighted by atomic mass is 16.5. The van der Waals surface area contributed by atoms with Gasteiger partial charge in [-0.05, 0) is 61.0 Å². The van der Waals surface area contributed by atoms with Crippen LogP contribution in [-0.2, 0) is 4.79 Å². The number of aliphatic carboxylic acids is 1. The van der Waals surface area contributed by atoms with E-state index in [4.69, 9.17) is 25.4 Å². The number of hydrogen-bond donors (Lipinski definition) is 4. The molecule has 0 spiro atoms. The van der Waals surface area contributed by atoms with Crippen LogP contribution in [0.4, 0.5) is 5.69 Å². The minimum atomic E-state index is -1.06. The smallest absolute Gasteiger partial charge is 0.330 e. The molecule has 0 amide bonds. The average Bonchev–Trinajstić information content (AvgIpc) is 2.81. The molecule has 0 aliphatic heterocycles. The molecule has 3 rings (SSSR count). The van der Waals surface area contributed by atoms with Gasteiger partial charge < -0.3 is 30.4 Å². The van der Waals surface area contributed by atoms with Crippen molar-refractivity contribution in [1.82, 2.24) is 0 Å². The second-order valence-corrected chi connectivity index (χ2v) is 7.09. The number of para-hydroxylation sites is 1. The first-order valence-corrected chi connectivity index (χ1v) is 10.5. The first-order valence-electron chi connectivity index (χ1n) is 10.5. The number of benzene rings is 3. The molecule has 0 saturated carbocycles. The molecular weight excluding hydrogens is 422 g/mol. The summed E-state index contributed by atoms with van der Waals surface area (Å²) in [6.45, 7) is 2.89. The molecule has 8 nitrogen and oxygen atoms in total. The van der Waals surface area contributed by atoms with Crippen LogP contribution in [0.2, 0.25) is 0 Å². The highest BCUT2D eigenvalue weighted by molar-refractivity contribution is 5.95. The average molecular weight is 450 g/mol. The second-order valence-electron chi connectivity index (χ2n) is 7.09. The number of amidine groups is 1. The molecule has 172 valence electrons. The lowest BCUT2D eigenvalue weighted by Gasteiger charge is -2.19. The molecule has 8 heteroatoms. The van der Waals surface area contributed by atoms with E-state index in [0.717, 1.165) is 5.75 Å². The van der Waals surface area contributed by atoms with Crippen molar-refractivity contribution in [2.45, 2.75) is 13.0 Å². The van der Waals surface area contributed by atoms with E-state index < -0.39 is 12.0 Å². The highest BCUT2D eigenvalue weighted by Gasteiger charge is 2.22. The summed E-state index contributed by atoms with van der Waals surface area (Å²) in [5, 5.41) is 20.3. The van der Waals surface area contributed by atoms with Crippen LogP contribution >= 0.6 is 0 Å². The number of nitrogens with two attached hydrogens (primary N) is 1. The third kappa shape index (κ3) is 6.90. The van der Waals surface area contributed by atoms with Crippen LogP contribution < -0.4 is 25.3 Å². The Kier molecular flexibility index (Phi) is 8.13. The van der Waals surface area contributed by atoms with Crippen LogP contribution in [0.25, 0.3) is 0 Å².